The van der Waals surface area contributed by atoms with Crippen molar-refractivity contribution in [2.45, 2.75) is 78.1 Å². The van der Waals surface area contributed by atoms with E-state index in [0.29, 0.717) is 11.6 Å². The summed E-state index contributed by atoms with van der Waals surface area (Å²) in [5.41, 5.74) is 2.03. The van der Waals surface area contributed by atoms with Gasteiger partial charge in [0.05, 0.1) is 0 Å². The molecule has 4 nitrogen and oxygen atoms in total. The standard InChI is InChI=1S/C36H38N4S4/c1-3-5-7-9-11-27-13-15-31(41-27)33-19-17-29(43-33)25-21-37-35(38-22-25)36-39-23-26(24-40-36)30-18-20-34(44-30)32-16-14-28(42-32)12-10-8-6-4-2/h13-24H,3-12H2,1-2H3. The summed E-state index contributed by atoms with van der Waals surface area (Å²) >= 11 is 7.43. The van der Waals surface area contributed by atoms with Crippen molar-refractivity contribution >= 4 is 45.3 Å². The molecule has 0 radical (unpaired) electrons. The molecule has 0 aromatic carbocycles. The SMILES string of the molecule is CCCCCCc1ccc(-c2ccc(-c3cnc(-c4ncc(-c5ccc(-c6ccc(CCCCCC)s6)s5)cn4)nc3)s2)s1. The molecule has 6 rings (SSSR count). The highest BCUT2D eigenvalue weighted by atomic mass is 32.1. The summed E-state index contributed by atoms with van der Waals surface area (Å²) < 4.78 is 0. The van der Waals surface area contributed by atoms with E-state index >= 15 is 0 Å². The highest BCUT2D eigenvalue weighted by Crippen LogP contribution is 2.39. The number of rotatable bonds is 15. The lowest BCUT2D eigenvalue weighted by atomic mass is 10.1. The first-order chi connectivity index (χ1) is 21.7. The van der Waals surface area contributed by atoms with Gasteiger partial charge in [0, 0.05) is 74.9 Å². The topological polar surface area (TPSA) is 51.6 Å². The van der Waals surface area contributed by atoms with Crippen molar-refractivity contribution in [2.75, 3.05) is 0 Å². The molecule has 6 aromatic heterocycles. The molecule has 0 amide bonds. The van der Waals surface area contributed by atoms with Crippen LogP contribution in [0.3, 0.4) is 0 Å². The van der Waals surface area contributed by atoms with E-state index in [2.05, 4.69) is 82.3 Å². The van der Waals surface area contributed by atoms with Crippen molar-refractivity contribution < 1.29 is 0 Å². The van der Waals surface area contributed by atoms with E-state index in [4.69, 9.17) is 0 Å². The number of hydrogen-bond donors (Lipinski definition) is 0. The van der Waals surface area contributed by atoms with Gasteiger partial charge in [0.2, 0.25) is 0 Å². The Morgan fingerprint density at radius 1 is 0.409 bits per heavy atom. The van der Waals surface area contributed by atoms with Crippen LogP contribution in [0.5, 0.6) is 0 Å². The Labute approximate surface area is 277 Å². The third kappa shape index (κ3) is 7.78. The number of unbranched alkanes of at least 4 members (excludes halogenated alkanes) is 6. The molecule has 0 unspecified atom stereocenters. The summed E-state index contributed by atoms with van der Waals surface area (Å²) in [6.45, 7) is 4.53. The zero-order valence-corrected chi connectivity index (χ0v) is 28.7. The number of aromatic nitrogens is 4. The molecule has 0 saturated heterocycles. The molecule has 0 saturated carbocycles. The Hall–Kier alpha value is -3.04. The molecule has 44 heavy (non-hydrogen) atoms. The summed E-state index contributed by atoms with van der Waals surface area (Å²) in [6.07, 6.45) is 20.3. The highest BCUT2D eigenvalue weighted by molar-refractivity contribution is 7.24. The Kier molecular flexibility index (Phi) is 10.8. The minimum atomic E-state index is 0.542. The predicted molar refractivity (Wildman–Crippen MR) is 192 cm³/mol. The summed E-state index contributed by atoms with van der Waals surface area (Å²) in [6, 6.07) is 17.9. The second-order valence-electron chi connectivity index (χ2n) is 11.1. The predicted octanol–water partition coefficient (Wildman–Crippen LogP) is 12.1. The second-order valence-corrected chi connectivity index (χ2v) is 15.6. The van der Waals surface area contributed by atoms with Crippen molar-refractivity contribution in [1.29, 1.82) is 0 Å². The first-order valence-electron chi connectivity index (χ1n) is 15.7. The Balaban J connectivity index is 1.07. The Bertz CT molecular complexity index is 1610. The van der Waals surface area contributed by atoms with Crippen LogP contribution in [0.1, 0.15) is 75.0 Å². The third-order valence-corrected chi connectivity index (χ3v) is 12.6. The minimum Gasteiger partial charge on any atom is -0.233 e. The number of thiophene rings is 4. The van der Waals surface area contributed by atoms with E-state index in [0.717, 1.165) is 11.1 Å². The smallest absolute Gasteiger partial charge is 0.197 e. The van der Waals surface area contributed by atoms with Crippen LogP contribution in [0, 0.1) is 0 Å². The fraction of sp³-hybridized carbons (Fsp3) is 0.333. The quantitative estimate of drug-likeness (QED) is 0.103. The van der Waals surface area contributed by atoms with Gasteiger partial charge in [-0.2, -0.15) is 0 Å². The first kappa shape index (κ1) is 31.0. The van der Waals surface area contributed by atoms with E-state index in [1.807, 2.05) is 47.5 Å². The van der Waals surface area contributed by atoms with Crippen LogP contribution in [-0.4, -0.2) is 19.9 Å². The lowest BCUT2D eigenvalue weighted by Gasteiger charge is -2.02. The van der Waals surface area contributed by atoms with E-state index in [1.165, 1.54) is 103 Å². The van der Waals surface area contributed by atoms with Crippen molar-refractivity contribution in [3.8, 4) is 52.0 Å². The van der Waals surface area contributed by atoms with Crippen LogP contribution in [0.4, 0.5) is 0 Å². The van der Waals surface area contributed by atoms with Gasteiger partial charge in [-0.1, -0.05) is 52.4 Å². The molecule has 0 atom stereocenters. The summed E-state index contributed by atoms with van der Waals surface area (Å²) in [5, 5.41) is 0. The van der Waals surface area contributed by atoms with Gasteiger partial charge in [-0.15, -0.1) is 45.3 Å². The maximum atomic E-state index is 4.62. The van der Waals surface area contributed by atoms with Crippen molar-refractivity contribution in [1.82, 2.24) is 19.9 Å². The van der Waals surface area contributed by atoms with Gasteiger partial charge < -0.3 is 0 Å². The lowest BCUT2D eigenvalue weighted by molar-refractivity contribution is 0.670. The summed E-state index contributed by atoms with van der Waals surface area (Å²) in [4.78, 5) is 29.0. The molecule has 0 N–H and O–H groups in total. The van der Waals surface area contributed by atoms with Crippen molar-refractivity contribution in [2.24, 2.45) is 0 Å². The van der Waals surface area contributed by atoms with E-state index < -0.39 is 0 Å². The van der Waals surface area contributed by atoms with E-state index in [1.54, 1.807) is 22.7 Å². The Morgan fingerprint density at radius 2 is 0.773 bits per heavy atom. The second kappa shape index (κ2) is 15.3. The number of aryl methyl sites for hydroxylation is 2. The Morgan fingerprint density at radius 3 is 1.18 bits per heavy atom. The fourth-order valence-corrected chi connectivity index (χ4v) is 9.38. The molecule has 8 heteroatoms. The largest absolute Gasteiger partial charge is 0.233 e. The summed E-state index contributed by atoms with van der Waals surface area (Å²) in [5.74, 6) is 1.08. The molecule has 0 aliphatic heterocycles. The lowest BCUT2D eigenvalue weighted by Crippen LogP contribution is -1.95. The van der Waals surface area contributed by atoms with Crippen LogP contribution in [-0.2, 0) is 12.8 Å². The molecular formula is C36H38N4S4. The molecule has 6 aromatic rings. The summed E-state index contributed by atoms with van der Waals surface area (Å²) in [7, 11) is 0. The van der Waals surface area contributed by atoms with Crippen molar-refractivity contribution in [3.63, 3.8) is 0 Å². The molecule has 0 spiro atoms. The van der Waals surface area contributed by atoms with Crippen LogP contribution < -0.4 is 0 Å². The van der Waals surface area contributed by atoms with Gasteiger partial charge in [-0.05, 0) is 74.2 Å². The third-order valence-electron chi connectivity index (χ3n) is 7.65. The zero-order chi connectivity index (χ0) is 30.1. The molecule has 0 bridgehead atoms. The van der Waals surface area contributed by atoms with Gasteiger partial charge in [0.15, 0.2) is 11.6 Å². The highest BCUT2D eigenvalue weighted by Gasteiger charge is 2.12. The average Bonchev–Trinajstić information content (AvgIpc) is 3.89. The molecular weight excluding hydrogens is 617 g/mol. The molecule has 226 valence electrons. The van der Waals surface area contributed by atoms with E-state index in [-0.39, 0.29) is 0 Å². The molecule has 0 fully saturated rings. The first-order valence-corrected chi connectivity index (χ1v) is 19.0. The van der Waals surface area contributed by atoms with Gasteiger partial charge in [-0.25, -0.2) is 19.9 Å². The average molecular weight is 655 g/mol. The van der Waals surface area contributed by atoms with E-state index in [9.17, 15) is 0 Å². The molecule has 0 aliphatic carbocycles. The maximum Gasteiger partial charge on any atom is 0.197 e. The van der Waals surface area contributed by atoms with Crippen molar-refractivity contribution in [3.05, 3.63) is 83.1 Å². The van der Waals surface area contributed by atoms with Crippen LogP contribution in [0.25, 0.3) is 52.0 Å². The molecule has 0 aliphatic rings. The van der Waals surface area contributed by atoms with Gasteiger partial charge in [-0.3, -0.25) is 0 Å². The fourth-order valence-electron chi connectivity index (χ4n) is 5.13. The minimum absolute atomic E-state index is 0.542. The van der Waals surface area contributed by atoms with Gasteiger partial charge >= 0.3 is 0 Å². The monoisotopic (exact) mass is 654 g/mol. The number of hydrogen-bond acceptors (Lipinski definition) is 8. The van der Waals surface area contributed by atoms with Crippen LogP contribution >= 0.6 is 45.3 Å². The zero-order valence-electron chi connectivity index (χ0n) is 25.4. The maximum absolute atomic E-state index is 4.62. The number of nitrogens with zero attached hydrogens (tertiary/aromatic N) is 4. The molecule has 6 heterocycles. The van der Waals surface area contributed by atoms with Gasteiger partial charge in [0.25, 0.3) is 0 Å². The normalized spacial score (nSPS) is 11.4. The van der Waals surface area contributed by atoms with Gasteiger partial charge in [0.1, 0.15) is 0 Å². The van der Waals surface area contributed by atoms with Crippen LogP contribution in [0.15, 0.2) is 73.3 Å². The van der Waals surface area contributed by atoms with Crippen LogP contribution in [0.2, 0.25) is 0 Å².